The van der Waals surface area contributed by atoms with Crippen LogP contribution in [0.5, 0.6) is 11.5 Å². The third-order valence-electron chi connectivity index (χ3n) is 5.15. The van der Waals surface area contributed by atoms with E-state index >= 15 is 0 Å². The molecular weight excluding hydrogens is 549 g/mol. The minimum atomic E-state index is -1.17. The van der Waals surface area contributed by atoms with Gasteiger partial charge in [-0.15, -0.1) is 0 Å². The Bertz CT molecular complexity index is 1230. The van der Waals surface area contributed by atoms with Gasteiger partial charge in [-0.05, 0) is 24.7 Å². The summed E-state index contributed by atoms with van der Waals surface area (Å²) in [6, 6.07) is 12.0. The monoisotopic (exact) mass is 575 g/mol. The van der Waals surface area contributed by atoms with Crippen molar-refractivity contribution in [3.8, 4) is 22.8 Å². The van der Waals surface area contributed by atoms with E-state index in [2.05, 4.69) is 55.5 Å². The standard InChI is InChI=1S/C23H26IN5O3Si/c1-28-15-16(13-26-28)23-14-25-21-6-5-17(11-22(21)27-23)29(7-8-32-33(4)24)18-9-19(30-2)12-20(10-18)31-3/h5-6,9-15,33H,7-8H2,1-4H3. The van der Waals surface area contributed by atoms with Gasteiger partial charge in [0.25, 0.3) is 0 Å². The second-order valence-corrected chi connectivity index (χ2v) is 14.1. The summed E-state index contributed by atoms with van der Waals surface area (Å²) >= 11 is 2.40. The molecule has 1 unspecified atom stereocenters. The molecule has 0 aliphatic heterocycles. The molecule has 10 heteroatoms. The number of benzene rings is 2. The van der Waals surface area contributed by atoms with E-state index in [4.69, 9.17) is 18.9 Å². The fourth-order valence-electron chi connectivity index (χ4n) is 3.52. The number of methoxy groups -OCH3 is 2. The van der Waals surface area contributed by atoms with Crippen LogP contribution in [0.25, 0.3) is 22.3 Å². The maximum atomic E-state index is 5.98. The van der Waals surface area contributed by atoms with Gasteiger partial charge in [0.2, 0.25) is 6.54 Å². The number of anilines is 2. The summed E-state index contributed by atoms with van der Waals surface area (Å²) in [5.41, 5.74) is 5.30. The molecule has 4 rings (SSSR count). The quantitative estimate of drug-likeness (QED) is 0.166. The molecule has 0 amide bonds. The second kappa shape index (κ2) is 10.5. The molecule has 0 saturated carbocycles. The second-order valence-electron chi connectivity index (χ2n) is 7.47. The van der Waals surface area contributed by atoms with E-state index in [1.807, 2.05) is 37.5 Å². The summed E-state index contributed by atoms with van der Waals surface area (Å²) in [4.78, 5) is 11.6. The Balaban J connectivity index is 1.76. The van der Waals surface area contributed by atoms with Crippen molar-refractivity contribution in [2.24, 2.45) is 7.05 Å². The summed E-state index contributed by atoms with van der Waals surface area (Å²) in [5, 5.41) is 4.24. The van der Waals surface area contributed by atoms with Crippen molar-refractivity contribution < 1.29 is 13.9 Å². The number of hydrogen-bond acceptors (Lipinski definition) is 7. The van der Waals surface area contributed by atoms with Crippen LogP contribution in [-0.4, -0.2) is 53.7 Å². The van der Waals surface area contributed by atoms with E-state index in [-0.39, 0.29) is 0 Å². The Labute approximate surface area is 207 Å². The van der Waals surface area contributed by atoms with Crippen molar-refractivity contribution in [1.82, 2.24) is 19.7 Å². The van der Waals surface area contributed by atoms with Gasteiger partial charge >= 0.3 is 0 Å². The number of aromatic nitrogens is 4. The van der Waals surface area contributed by atoms with Crippen LogP contribution >= 0.6 is 21.8 Å². The highest BCUT2D eigenvalue weighted by Gasteiger charge is 2.15. The van der Waals surface area contributed by atoms with E-state index in [0.717, 1.165) is 45.2 Å². The lowest BCUT2D eigenvalue weighted by Crippen LogP contribution is -2.24. The minimum absolute atomic E-state index is 0.620. The number of aryl methyl sites for hydroxylation is 1. The van der Waals surface area contributed by atoms with Crippen LogP contribution in [-0.2, 0) is 11.5 Å². The lowest BCUT2D eigenvalue weighted by Gasteiger charge is -2.26. The van der Waals surface area contributed by atoms with Crippen LogP contribution in [0.2, 0.25) is 6.55 Å². The number of fused-ring (bicyclic) bond motifs is 1. The molecule has 8 nitrogen and oxygen atoms in total. The predicted octanol–water partition coefficient (Wildman–Crippen LogP) is 4.49. The third kappa shape index (κ3) is 5.62. The third-order valence-corrected chi connectivity index (χ3v) is 6.92. The van der Waals surface area contributed by atoms with Gasteiger partial charge in [0.05, 0.1) is 49.9 Å². The average Bonchev–Trinajstić information content (AvgIpc) is 3.26. The topological polar surface area (TPSA) is 74.5 Å². The van der Waals surface area contributed by atoms with Gasteiger partial charge < -0.3 is 18.8 Å². The van der Waals surface area contributed by atoms with Crippen LogP contribution in [0.3, 0.4) is 0 Å². The molecule has 2 heterocycles. The molecule has 0 aliphatic carbocycles. The Morgan fingerprint density at radius 1 is 1.00 bits per heavy atom. The molecule has 4 aromatic rings. The first-order valence-electron chi connectivity index (χ1n) is 10.5. The lowest BCUT2D eigenvalue weighted by molar-refractivity contribution is 0.347. The fraction of sp³-hybridized carbons (Fsp3) is 0.261. The Hall–Kier alpha value is -2.70. The molecule has 0 aliphatic rings. The number of ether oxygens (including phenoxy) is 2. The van der Waals surface area contributed by atoms with E-state index in [1.165, 1.54) is 0 Å². The lowest BCUT2D eigenvalue weighted by atomic mass is 10.2. The Kier molecular flexibility index (Phi) is 7.45. The maximum Gasteiger partial charge on any atom is 0.240 e. The van der Waals surface area contributed by atoms with Gasteiger partial charge in [0.15, 0.2) is 0 Å². The van der Waals surface area contributed by atoms with Gasteiger partial charge in [0, 0.05) is 54.9 Å². The molecule has 0 radical (unpaired) electrons. The highest BCUT2D eigenvalue weighted by atomic mass is 127. The Morgan fingerprint density at radius 2 is 1.76 bits per heavy atom. The van der Waals surface area contributed by atoms with Crippen molar-refractivity contribution in [1.29, 1.82) is 0 Å². The number of hydrogen-bond donors (Lipinski definition) is 0. The smallest absolute Gasteiger partial charge is 0.240 e. The first-order chi connectivity index (χ1) is 16.0. The summed E-state index contributed by atoms with van der Waals surface area (Å²) in [6.07, 6.45) is 5.51. The fourth-order valence-corrected chi connectivity index (χ4v) is 4.72. The highest BCUT2D eigenvalue weighted by Crippen LogP contribution is 2.34. The molecule has 2 aromatic carbocycles. The van der Waals surface area contributed by atoms with Crippen molar-refractivity contribution in [3.63, 3.8) is 0 Å². The van der Waals surface area contributed by atoms with Gasteiger partial charge in [-0.3, -0.25) is 9.67 Å². The summed E-state index contributed by atoms with van der Waals surface area (Å²) < 4.78 is 18.7. The average molecular weight is 575 g/mol. The number of halogens is 1. The zero-order chi connectivity index (χ0) is 23.4. The minimum Gasteiger partial charge on any atom is -0.497 e. The molecule has 0 spiro atoms. The largest absolute Gasteiger partial charge is 0.497 e. The number of nitrogens with zero attached hydrogens (tertiary/aromatic N) is 5. The molecule has 2 aromatic heterocycles. The predicted molar refractivity (Wildman–Crippen MR) is 141 cm³/mol. The van der Waals surface area contributed by atoms with Crippen LogP contribution < -0.4 is 14.4 Å². The molecule has 172 valence electrons. The molecule has 0 bridgehead atoms. The van der Waals surface area contributed by atoms with Crippen molar-refractivity contribution in [2.45, 2.75) is 6.55 Å². The summed E-state index contributed by atoms with van der Waals surface area (Å²) in [5.74, 6) is 1.46. The first-order valence-corrected chi connectivity index (χ1v) is 16.3. The SMILES string of the molecule is COc1cc(OC)cc(N(CCO[SiH](C)I)c2ccc3ncc(-c4cnn(C)c4)nc3c2)c1. The molecular formula is C23H26IN5O3Si. The molecule has 33 heavy (non-hydrogen) atoms. The van der Waals surface area contributed by atoms with Crippen LogP contribution in [0, 0.1) is 0 Å². The normalized spacial score (nSPS) is 12.0. The van der Waals surface area contributed by atoms with Crippen molar-refractivity contribution >= 4 is 50.7 Å². The summed E-state index contributed by atoms with van der Waals surface area (Å²) in [7, 11) is 5.19. The maximum absolute atomic E-state index is 5.98. The summed E-state index contributed by atoms with van der Waals surface area (Å²) in [6.45, 7) is 2.29. The van der Waals surface area contributed by atoms with Crippen LogP contribution in [0.4, 0.5) is 11.4 Å². The molecule has 0 fully saturated rings. The van der Waals surface area contributed by atoms with Gasteiger partial charge in [0.1, 0.15) is 11.5 Å². The Morgan fingerprint density at radius 3 is 2.39 bits per heavy atom. The van der Waals surface area contributed by atoms with E-state index < -0.39 is 6.54 Å². The van der Waals surface area contributed by atoms with Gasteiger partial charge in [-0.2, -0.15) is 5.10 Å². The first kappa shape index (κ1) is 23.5. The van der Waals surface area contributed by atoms with E-state index in [1.54, 1.807) is 31.3 Å². The van der Waals surface area contributed by atoms with Crippen LogP contribution in [0.15, 0.2) is 55.0 Å². The van der Waals surface area contributed by atoms with Crippen molar-refractivity contribution in [2.75, 3.05) is 32.3 Å². The zero-order valence-corrected chi connectivity index (χ0v) is 22.3. The van der Waals surface area contributed by atoms with Crippen molar-refractivity contribution in [3.05, 3.63) is 55.0 Å². The van der Waals surface area contributed by atoms with Crippen LogP contribution in [0.1, 0.15) is 0 Å². The molecule has 0 N–H and O–H groups in total. The highest BCUT2D eigenvalue weighted by molar-refractivity contribution is 14.1. The van der Waals surface area contributed by atoms with E-state index in [0.29, 0.717) is 13.2 Å². The zero-order valence-electron chi connectivity index (χ0n) is 19.0. The van der Waals surface area contributed by atoms with Gasteiger partial charge in [-0.1, -0.05) is 21.8 Å². The van der Waals surface area contributed by atoms with E-state index in [9.17, 15) is 0 Å². The molecule has 0 saturated heterocycles. The van der Waals surface area contributed by atoms with Gasteiger partial charge in [-0.25, -0.2) is 4.98 Å². The number of rotatable bonds is 9. The molecule has 1 atom stereocenters.